The molecule has 2 rings (SSSR count). The fourth-order valence-corrected chi connectivity index (χ4v) is 2.29. The first-order valence-electron chi connectivity index (χ1n) is 6.71. The Hall–Kier alpha value is -1.36. The highest BCUT2D eigenvalue weighted by atomic mass is 15.1. The molecule has 0 unspecified atom stereocenters. The molecule has 1 aliphatic rings. The minimum absolute atomic E-state index is 0.532. The minimum Gasteiger partial charge on any atom is -0.370 e. The highest BCUT2D eigenvalue weighted by Gasteiger charge is 2.18. The topological polar surface area (TPSA) is 53.1 Å². The summed E-state index contributed by atoms with van der Waals surface area (Å²) in [5, 5.41) is 6.81. The molecule has 0 spiro atoms. The molecule has 0 aromatic carbocycles. The molecule has 2 N–H and O–H groups in total. The maximum atomic E-state index is 4.36. The fourth-order valence-electron chi connectivity index (χ4n) is 2.29. The van der Waals surface area contributed by atoms with Gasteiger partial charge in [0.1, 0.15) is 18.0 Å². The lowest BCUT2D eigenvalue weighted by Gasteiger charge is -2.30. The second kappa shape index (κ2) is 6.00. The van der Waals surface area contributed by atoms with Crippen molar-refractivity contribution in [2.45, 2.75) is 32.7 Å². The fraction of sp³-hybridized carbons (Fsp3) is 0.692. The lowest BCUT2D eigenvalue weighted by atomic mass is 10.1. The van der Waals surface area contributed by atoms with Gasteiger partial charge in [-0.05, 0) is 46.8 Å². The van der Waals surface area contributed by atoms with E-state index < -0.39 is 0 Å². The maximum absolute atomic E-state index is 4.36. The molecule has 0 saturated carbocycles. The zero-order chi connectivity index (χ0) is 13.0. The van der Waals surface area contributed by atoms with Crippen LogP contribution in [0.1, 0.15) is 25.3 Å². The van der Waals surface area contributed by atoms with E-state index in [1.54, 1.807) is 6.33 Å². The Bertz CT molecular complexity index is 385. The summed E-state index contributed by atoms with van der Waals surface area (Å²) in [6, 6.07) is 0.532. The van der Waals surface area contributed by atoms with Crippen molar-refractivity contribution in [1.82, 2.24) is 14.9 Å². The molecule has 18 heavy (non-hydrogen) atoms. The number of rotatable bonds is 4. The summed E-state index contributed by atoms with van der Waals surface area (Å²) in [4.78, 5) is 11.0. The van der Waals surface area contributed by atoms with Gasteiger partial charge in [-0.2, -0.15) is 0 Å². The average molecular weight is 249 g/mol. The Labute approximate surface area is 109 Å². The number of piperidine rings is 1. The van der Waals surface area contributed by atoms with Gasteiger partial charge in [0, 0.05) is 18.2 Å². The molecule has 1 saturated heterocycles. The molecule has 5 heteroatoms. The molecule has 0 atom stereocenters. The summed E-state index contributed by atoms with van der Waals surface area (Å²) in [6.45, 7) is 7.33. The first-order chi connectivity index (χ1) is 8.70. The monoisotopic (exact) mass is 249 g/mol. The Kier molecular flexibility index (Phi) is 4.36. The normalized spacial score (nSPS) is 17.7. The third-order valence-electron chi connectivity index (χ3n) is 3.49. The van der Waals surface area contributed by atoms with E-state index in [1.165, 1.54) is 12.8 Å². The molecule has 5 nitrogen and oxygen atoms in total. The van der Waals surface area contributed by atoms with Gasteiger partial charge < -0.3 is 15.5 Å². The Morgan fingerprint density at radius 3 is 2.61 bits per heavy atom. The molecule has 0 aliphatic carbocycles. The second-order valence-corrected chi connectivity index (χ2v) is 4.95. The van der Waals surface area contributed by atoms with Crippen LogP contribution in [0.5, 0.6) is 0 Å². The molecule has 0 radical (unpaired) electrons. The summed E-state index contributed by atoms with van der Waals surface area (Å²) in [5.41, 5.74) is 1.11. The van der Waals surface area contributed by atoms with Gasteiger partial charge in [-0.1, -0.05) is 0 Å². The van der Waals surface area contributed by atoms with Crippen molar-refractivity contribution in [3.05, 3.63) is 11.9 Å². The quantitative estimate of drug-likeness (QED) is 0.851. The van der Waals surface area contributed by atoms with E-state index in [9.17, 15) is 0 Å². The van der Waals surface area contributed by atoms with Gasteiger partial charge in [0.15, 0.2) is 0 Å². The summed E-state index contributed by atoms with van der Waals surface area (Å²) >= 11 is 0. The molecule has 1 aromatic heterocycles. The summed E-state index contributed by atoms with van der Waals surface area (Å²) in [5.74, 6) is 1.90. The third kappa shape index (κ3) is 3.10. The van der Waals surface area contributed by atoms with Gasteiger partial charge in [-0.15, -0.1) is 0 Å². The zero-order valence-corrected chi connectivity index (χ0v) is 11.5. The Morgan fingerprint density at radius 2 is 1.94 bits per heavy atom. The van der Waals surface area contributed by atoms with Crippen LogP contribution in [0.25, 0.3) is 0 Å². The molecule has 1 aliphatic heterocycles. The van der Waals surface area contributed by atoms with Gasteiger partial charge in [-0.25, -0.2) is 9.97 Å². The number of hydrogen-bond acceptors (Lipinski definition) is 5. The van der Waals surface area contributed by atoms with Crippen LogP contribution in [0, 0.1) is 6.92 Å². The smallest absolute Gasteiger partial charge is 0.134 e. The van der Waals surface area contributed by atoms with Crippen LogP contribution in [0.4, 0.5) is 11.6 Å². The van der Waals surface area contributed by atoms with Crippen molar-refractivity contribution in [3.8, 4) is 0 Å². The first kappa shape index (κ1) is 13.1. The average Bonchev–Trinajstić information content (AvgIpc) is 2.37. The molecular weight excluding hydrogens is 226 g/mol. The van der Waals surface area contributed by atoms with Gasteiger partial charge in [0.2, 0.25) is 0 Å². The molecule has 1 fully saturated rings. The van der Waals surface area contributed by atoms with Gasteiger partial charge in [-0.3, -0.25) is 0 Å². The van der Waals surface area contributed by atoms with Crippen LogP contribution >= 0.6 is 0 Å². The van der Waals surface area contributed by atoms with Crippen LogP contribution in [0.2, 0.25) is 0 Å². The van der Waals surface area contributed by atoms with E-state index in [-0.39, 0.29) is 0 Å². The van der Waals surface area contributed by atoms with Gasteiger partial charge >= 0.3 is 0 Å². The molecule has 100 valence electrons. The number of aromatic nitrogens is 2. The molecular formula is C13H23N5. The predicted octanol–water partition coefficient (Wildman–Crippen LogP) is 1.72. The third-order valence-corrected chi connectivity index (χ3v) is 3.49. The Balaban J connectivity index is 2.02. The van der Waals surface area contributed by atoms with Gasteiger partial charge in [0.05, 0.1) is 0 Å². The van der Waals surface area contributed by atoms with Crippen LogP contribution in [0.15, 0.2) is 6.33 Å². The van der Waals surface area contributed by atoms with Crippen molar-refractivity contribution in [1.29, 1.82) is 0 Å². The van der Waals surface area contributed by atoms with Crippen LogP contribution in [-0.2, 0) is 0 Å². The van der Waals surface area contributed by atoms with Crippen LogP contribution in [0.3, 0.4) is 0 Å². The van der Waals surface area contributed by atoms with Crippen molar-refractivity contribution >= 4 is 11.6 Å². The van der Waals surface area contributed by atoms with E-state index >= 15 is 0 Å². The Morgan fingerprint density at radius 1 is 1.28 bits per heavy atom. The second-order valence-electron chi connectivity index (χ2n) is 4.95. The van der Waals surface area contributed by atoms with Crippen LogP contribution in [-0.4, -0.2) is 47.6 Å². The van der Waals surface area contributed by atoms with Crippen molar-refractivity contribution < 1.29 is 0 Å². The number of likely N-dealkylation sites (tertiary alicyclic amines) is 1. The summed E-state index contributed by atoms with van der Waals surface area (Å²) in [6.07, 6.45) is 3.98. The molecule has 2 heterocycles. The highest BCUT2D eigenvalue weighted by molar-refractivity contribution is 5.56. The number of anilines is 2. The lowest BCUT2D eigenvalue weighted by Crippen LogP contribution is -2.37. The van der Waals surface area contributed by atoms with Crippen molar-refractivity contribution in [3.63, 3.8) is 0 Å². The maximum Gasteiger partial charge on any atom is 0.134 e. The van der Waals surface area contributed by atoms with Gasteiger partial charge in [0.25, 0.3) is 0 Å². The molecule has 1 aromatic rings. The molecule has 0 amide bonds. The number of nitrogens with one attached hydrogen (secondary N) is 2. The van der Waals surface area contributed by atoms with E-state index in [4.69, 9.17) is 0 Å². The van der Waals surface area contributed by atoms with E-state index in [1.807, 2.05) is 0 Å². The van der Waals surface area contributed by atoms with E-state index in [0.717, 1.165) is 36.8 Å². The predicted molar refractivity (Wildman–Crippen MR) is 75.1 cm³/mol. The number of hydrogen-bond donors (Lipinski definition) is 2. The van der Waals surface area contributed by atoms with E-state index in [0.29, 0.717) is 6.04 Å². The lowest BCUT2D eigenvalue weighted by molar-refractivity contribution is 0.263. The molecule has 0 bridgehead atoms. The number of nitrogens with zero attached hydrogens (tertiary/aromatic N) is 3. The zero-order valence-electron chi connectivity index (χ0n) is 11.5. The largest absolute Gasteiger partial charge is 0.370 e. The summed E-state index contributed by atoms with van der Waals surface area (Å²) < 4.78 is 0. The first-order valence-corrected chi connectivity index (χ1v) is 6.71. The van der Waals surface area contributed by atoms with E-state index in [2.05, 4.69) is 46.4 Å². The van der Waals surface area contributed by atoms with Crippen LogP contribution < -0.4 is 10.6 Å². The summed E-state index contributed by atoms with van der Waals surface area (Å²) in [7, 11) is 2.18. The SMILES string of the molecule is CCNc1ncnc(NC2CCN(C)CC2)c1C. The standard InChI is InChI=1S/C13H23N5/c1-4-14-12-10(2)13(16-9-15-12)17-11-5-7-18(3)8-6-11/h9,11H,4-8H2,1-3H3,(H2,14,15,16,17). The highest BCUT2D eigenvalue weighted by Crippen LogP contribution is 2.21. The van der Waals surface area contributed by atoms with Crippen molar-refractivity contribution in [2.24, 2.45) is 0 Å². The van der Waals surface area contributed by atoms with Crippen molar-refractivity contribution in [2.75, 3.05) is 37.3 Å². The minimum atomic E-state index is 0.532.